The third-order valence-electron chi connectivity index (χ3n) is 3.23. The van der Waals surface area contributed by atoms with Gasteiger partial charge in [0.05, 0.1) is 12.2 Å². The van der Waals surface area contributed by atoms with E-state index >= 15 is 0 Å². The molecule has 2 heterocycles. The summed E-state index contributed by atoms with van der Waals surface area (Å²) in [4.78, 5) is 2.49. The van der Waals surface area contributed by atoms with Gasteiger partial charge in [0.25, 0.3) is 0 Å². The third-order valence-corrected chi connectivity index (χ3v) is 3.23. The molecular formula is C12H21N3O. The van der Waals surface area contributed by atoms with Crippen molar-refractivity contribution in [2.24, 2.45) is 0 Å². The number of piperazine rings is 1. The van der Waals surface area contributed by atoms with Crippen LogP contribution in [0.4, 0.5) is 0 Å². The average Bonchev–Trinajstić information content (AvgIpc) is 2.64. The molecular weight excluding hydrogens is 202 g/mol. The van der Waals surface area contributed by atoms with E-state index in [2.05, 4.69) is 29.2 Å². The smallest absolute Gasteiger partial charge is 0.150 e. The highest BCUT2D eigenvalue weighted by Gasteiger charge is 2.25. The standard InChI is InChI=1S/C12H21N3O/c1-4-11-6-13-10(3)7-15(11)8-12-5-9(2)14-16-12/h5,10-11,13H,4,6-8H2,1-3H3. The van der Waals surface area contributed by atoms with Gasteiger partial charge < -0.3 is 9.84 Å². The highest BCUT2D eigenvalue weighted by atomic mass is 16.5. The quantitative estimate of drug-likeness (QED) is 0.844. The summed E-state index contributed by atoms with van der Waals surface area (Å²) >= 11 is 0. The van der Waals surface area contributed by atoms with Crippen LogP contribution in [0.5, 0.6) is 0 Å². The zero-order chi connectivity index (χ0) is 11.5. The van der Waals surface area contributed by atoms with Gasteiger partial charge in [-0.15, -0.1) is 0 Å². The van der Waals surface area contributed by atoms with E-state index in [-0.39, 0.29) is 0 Å². The first-order valence-corrected chi connectivity index (χ1v) is 6.08. The molecule has 1 fully saturated rings. The first kappa shape index (κ1) is 11.6. The second kappa shape index (κ2) is 4.97. The van der Waals surface area contributed by atoms with E-state index in [4.69, 9.17) is 4.52 Å². The fourth-order valence-electron chi connectivity index (χ4n) is 2.32. The molecule has 1 N–H and O–H groups in total. The van der Waals surface area contributed by atoms with Gasteiger partial charge >= 0.3 is 0 Å². The van der Waals surface area contributed by atoms with Crippen LogP contribution in [0.1, 0.15) is 31.7 Å². The molecule has 1 aliphatic heterocycles. The molecule has 2 rings (SSSR count). The summed E-state index contributed by atoms with van der Waals surface area (Å²) in [5.74, 6) is 0.977. The van der Waals surface area contributed by atoms with Crippen LogP contribution in [0.15, 0.2) is 10.6 Å². The predicted octanol–water partition coefficient (Wildman–Crippen LogP) is 1.56. The minimum Gasteiger partial charge on any atom is -0.360 e. The van der Waals surface area contributed by atoms with Crippen LogP contribution in [-0.2, 0) is 6.54 Å². The Morgan fingerprint density at radius 2 is 2.44 bits per heavy atom. The normalized spacial score (nSPS) is 27.2. The molecule has 0 aliphatic carbocycles. The first-order chi connectivity index (χ1) is 7.69. The largest absolute Gasteiger partial charge is 0.360 e. The van der Waals surface area contributed by atoms with Crippen molar-refractivity contribution in [2.75, 3.05) is 13.1 Å². The van der Waals surface area contributed by atoms with Crippen molar-refractivity contribution in [1.29, 1.82) is 0 Å². The van der Waals surface area contributed by atoms with Gasteiger partial charge in [-0.1, -0.05) is 12.1 Å². The van der Waals surface area contributed by atoms with E-state index in [1.807, 2.05) is 13.0 Å². The topological polar surface area (TPSA) is 41.3 Å². The molecule has 2 atom stereocenters. The highest BCUT2D eigenvalue weighted by molar-refractivity contribution is 5.03. The molecule has 4 nitrogen and oxygen atoms in total. The van der Waals surface area contributed by atoms with Gasteiger partial charge in [-0.2, -0.15) is 0 Å². The molecule has 0 saturated carbocycles. The van der Waals surface area contributed by atoms with Crippen molar-refractivity contribution in [1.82, 2.24) is 15.4 Å². The summed E-state index contributed by atoms with van der Waals surface area (Å²) in [6.07, 6.45) is 1.17. The molecule has 0 bridgehead atoms. The number of nitrogens with one attached hydrogen (secondary N) is 1. The van der Waals surface area contributed by atoms with Gasteiger partial charge in [-0.25, -0.2) is 0 Å². The van der Waals surface area contributed by atoms with Crippen LogP contribution in [0.2, 0.25) is 0 Å². The maximum Gasteiger partial charge on any atom is 0.150 e. The van der Waals surface area contributed by atoms with Crippen LogP contribution >= 0.6 is 0 Å². The number of hydrogen-bond donors (Lipinski definition) is 1. The number of aromatic nitrogens is 1. The van der Waals surface area contributed by atoms with Crippen LogP contribution < -0.4 is 5.32 Å². The Morgan fingerprint density at radius 1 is 1.62 bits per heavy atom. The van der Waals surface area contributed by atoms with Gasteiger partial charge in [-0.05, 0) is 20.3 Å². The lowest BCUT2D eigenvalue weighted by atomic mass is 10.1. The van der Waals surface area contributed by atoms with Crippen molar-refractivity contribution in [3.63, 3.8) is 0 Å². The lowest BCUT2D eigenvalue weighted by Crippen LogP contribution is -2.54. The maximum absolute atomic E-state index is 5.28. The Bertz CT molecular complexity index is 337. The zero-order valence-electron chi connectivity index (χ0n) is 10.4. The zero-order valence-corrected chi connectivity index (χ0v) is 10.4. The summed E-state index contributed by atoms with van der Waals surface area (Å²) in [6, 6.07) is 3.20. The van der Waals surface area contributed by atoms with E-state index in [0.29, 0.717) is 12.1 Å². The molecule has 90 valence electrons. The van der Waals surface area contributed by atoms with Gasteiger partial charge in [-0.3, -0.25) is 4.90 Å². The molecule has 1 saturated heterocycles. The average molecular weight is 223 g/mol. The lowest BCUT2D eigenvalue weighted by molar-refractivity contribution is 0.112. The summed E-state index contributed by atoms with van der Waals surface area (Å²) in [5, 5.41) is 7.45. The minimum absolute atomic E-state index is 0.562. The predicted molar refractivity (Wildman–Crippen MR) is 63.2 cm³/mol. The molecule has 0 radical (unpaired) electrons. The fraction of sp³-hybridized carbons (Fsp3) is 0.750. The molecule has 1 aromatic heterocycles. The Balaban J connectivity index is 2.00. The Morgan fingerprint density at radius 3 is 3.06 bits per heavy atom. The van der Waals surface area contributed by atoms with Gasteiger partial charge in [0.2, 0.25) is 0 Å². The van der Waals surface area contributed by atoms with Crippen molar-refractivity contribution in [3.05, 3.63) is 17.5 Å². The maximum atomic E-state index is 5.28. The Labute approximate surface area is 97.0 Å². The molecule has 0 spiro atoms. The van der Waals surface area contributed by atoms with Crippen LogP contribution in [0.3, 0.4) is 0 Å². The van der Waals surface area contributed by atoms with Crippen LogP contribution in [0, 0.1) is 6.92 Å². The highest BCUT2D eigenvalue weighted by Crippen LogP contribution is 2.15. The molecule has 16 heavy (non-hydrogen) atoms. The number of aryl methyl sites for hydroxylation is 1. The SMILES string of the molecule is CCC1CNC(C)CN1Cc1cc(C)no1. The summed E-state index contributed by atoms with van der Waals surface area (Å²) < 4.78 is 5.28. The van der Waals surface area contributed by atoms with Crippen molar-refractivity contribution in [3.8, 4) is 0 Å². The number of nitrogens with zero attached hydrogens (tertiary/aromatic N) is 2. The lowest BCUT2D eigenvalue weighted by Gasteiger charge is -2.38. The molecule has 1 aliphatic rings. The monoisotopic (exact) mass is 223 g/mol. The van der Waals surface area contributed by atoms with E-state index in [1.165, 1.54) is 6.42 Å². The van der Waals surface area contributed by atoms with Gasteiger partial charge in [0.1, 0.15) is 0 Å². The van der Waals surface area contributed by atoms with Crippen molar-refractivity contribution in [2.45, 2.75) is 45.8 Å². The molecule has 1 aromatic rings. The van der Waals surface area contributed by atoms with Gasteiger partial charge in [0, 0.05) is 31.2 Å². The van der Waals surface area contributed by atoms with Crippen LogP contribution in [0.25, 0.3) is 0 Å². The Kier molecular flexibility index (Phi) is 3.61. The van der Waals surface area contributed by atoms with Crippen LogP contribution in [-0.4, -0.2) is 35.2 Å². The van der Waals surface area contributed by atoms with E-state index in [9.17, 15) is 0 Å². The summed E-state index contributed by atoms with van der Waals surface area (Å²) in [7, 11) is 0. The van der Waals surface area contributed by atoms with E-state index < -0.39 is 0 Å². The number of rotatable bonds is 3. The second-order valence-electron chi connectivity index (χ2n) is 4.74. The van der Waals surface area contributed by atoms with Crippen molar-refractivity contribution >= 4 is 0 Å². The molecule has 4 heteroatoms. The number of hydrogen-bond acceptors (Lipinski definition) is 4. The fourth-order valence-corrected chi connectivity index (χ4v) is 2.32. The summed E-state index contributed by atoms with van der Waals surface area (Å²) in [5.41, 5.74) is 0.964. The second-order valence-corrected chi connectivity index (χ2v) is 4.74. The summed E-state index contributed by atoms with van der Waals surface area (Å²) in [6.45, 7) is 9.46. The molecule has 0 amide bonds. The minimum atomic E-state index is 0.562. The Hall–Kier alpha value is -0.870. The first-order valence-electron chi connectivity index (χ1n) is 6.08. The van der Waals surface area contributed by atoms with E-state index in [1.54, 1.807) is 0 Å². The molecule has 0 aromatic carbocycles. The van der Waals surface area contributed by atoms with Gasteiger partial charge in [0.15, 0.2) is 5.76 Å². The van der Waals surface area contributed by atoms with Crippen molar-refractivity contribution < 1.29 is 4.52 Å². The molecule has 2 unspecified atom stereocenters. The third kappa shape index (κ3) is 2.62. The van der Waals surface area contributed by atoms with E-state index in [0.717, 1.165) is 31.1 Å².